The topological polar surface area (TPSA) is 95.2 Å². The summed E-state index contributed by atoms with van der Waals surface area (Å²) in [5.74, 6) is 0.825. The van der Waals surface area contributed by atoms with Gasteiger partial charge in [0.15, 0.2) is 0 Å². The molecule has 8 heteroatoms. The number of para-hydroxylation sites is 2. The number of carbonyl (C=O) groups excluding carboxylic acids is 1. The standard InChI is InChI=1S/C26H26N4O3S/c1-18-11-13-21(14-12-18)29-34(32,33)22-8-4-6-19(16-22)26(31)30-15-5-7-20(17-30)25-27-23-9-2-3-10-24(23)28-25/h2-4,6,8-14,16,20,29H,5,7,15,17H2,1H3,(H,27,28). The molecule has 1 saturated heterocycles. The maximum atomic E-state index is 13.3. The second kappa shape index (κ2) is 8.95. The Morgan fingerprint density at radius 3 is 2.65 bits per heavy atom. The van der Waals surface area contributed by atoms with Gasteiger partial charge < -0.3 is 9.88 Å². The minimum atomic E-state index is -3.82. The van der Waals surface area contributed by atoms with Crippen molar-refractivity contribution in [2.24, 2.45) is 0 Å². The Balaban J connectivity index is 1.34. The van der Waals surface area contributed by atoms with E-state index in [2.05, 4.69) is 9.71 Å². The lowest BCUT2D eigenvalue weighted by molar-refractivity contribution is 0.0704. The van der Waals surface area contributed by atoms with Crippen molar-refractivity contribution in [1.29, 1.82) is 0 Å². The minimum absolute atomic E-state index is 0.0600. The molecule has 1 aromatic heterocycles. The Morgan fingerprint density at radius 1 is 1.06 bits per heavy atom. The van der Waals surface area contributed by atoms with Crippen molar-refractivity contribution < 1.29 is 13.2 Å². The molecule has 174 valence electrons. The summed E-state index contributed by atoms with van der Waals surface area (Å²) in [6.07, 6.45) is 1.80. The van der Waals surface area contributed by atoms with Crippen LogP contribution in [0, 0.1) is 6.92 Å². The highest BCUT2D eigenvalue weighted by atomic mass is 32.2. The van der Waals surface area contributed by atoms with Crippen LogP contribution in [0.2, 0.25) is 0 Å². The number of fused-ring (bicyclic) bond motifs is 1. The van der Waals surface area contributed by atoms with E-state index in [1.807, 2.05) is 43.3 Å². The molecular formula is C26H26N4O3S. The minimum Gasteiger partial charge on any atom is -0.342 e. The molecule has 0 spiro atoms. The van der Waals surface area contributed by atoms with Crippen LogP contribution in [0.15, 0.2) is 77.7 Å². The van der Waals surface area contributed by atoms with E-state index < -0.39 is 10.0 Å². The number of hydrogen-bond acceptors (Lipinski definition) is 4. The zero-order valence-electron chi connectivity index (χ0n) is 18.9. The van der Waals surface area contributed by atoms with Crippen molar-refractivity contribution in [3.8, 4) is 0 Å². The molecule has 2 heterocycles. The molecule has 4 aromatic rings. The Morgan fingerprint density at radius 2 is 1.85 bits per heavy atom. The van der Waals surface area contributed by atoms with Crippen LogP contribution in [0.3, 0.4) is 0 Å². The van der Waals surface area contributed by atoms with Crippen molar-refractivity contribution in [3.63, 3.8) is 0 Å². The fourth-order valence-electron chi connectivity index (χ4n) is 4.37. The van der Waals surface area contributed by atoms with Crippen LogP contribution >= 0.6 is 0 Å². The lowest BCUT2D eigenvalue weighted by atomic mass is 9.96. The number of anilines is 1. The van der Waals surface area contributed by atoms with Crippen LogP contribution in [0.5, 0.6) is 0 Å². The number of hydrogen-bond donors (Lipinski definition) is 2. The van der Waals surface area contributed by atoms with Crippen LogP contribution in [0.4, 0.5) is 5.69 Å². The van der Waals surface area contributed by atoms with E-state index in [-0.39, 0.29) is 16.7 Å². The Labute approximate surface area is 198 Å². The Kier molecular flexibility index (Phi) is 5.83. The molecule has 0 aliphatic carbocycles. The molecule has 1 aliphatic rings. The van der Waals surface area contributed by atoms with E-state index in [1.54, 1.807) is 29.2 Å². The highest BCUT2D eigenvalue weighted by molar-refractivity contribution is 7.92. The molecule has 1 unspecified atom stereocenters. The van der Waals surface area contributed by atoms with Gasteiger partial charge in [-0.3, -0.25) is 9.52 Å². The van der Waals surface area contributed by atoms with Gasteiger partial charge in [0.2, 0.25) is 0 Å². The molecule has 2 N–H and O–H groups in total. The monoisotopic (exact) mass is 474 g/mol. The van der Waals surface area contributed by atoms with Gasteiger partial charge in [0.25, 0.3) is 15.9 Å². The van der Waals surface area contributed by atoms with Gasteiger partial charge in [-0.25, -0.2) is 13.4 Å². The van der Waals surface area contributed by atoms with E-state index in [9.17, 15) is 13.2 Å². The molecule has 0 bridgehead atoms. The molecule has 0 radical (unpaired) electrons. The van der Waals surface area contributed by atoms with E-state index in [4.69, 9.17) is 4.98 Å². The van der Waals surface area contributed by atoms with Crippen molar-refractivity contribution >= 4 is 32.7 Å². The maximum Gasteiger partial charge on any atom is 0.261 e. The number of benzene rings is 3. The number of carbonyl (C=O) groups is 1. The number of nitrogens with one attached hydrogen (secondary N) is 2. The molecule has 1 atom stereocenters. The van der Waals surface area contributed by atoms with E-state index in [1.165, 1.54) is 12.1 Å². The van der Waals surface area contributed by atoms with E-state index in [0.717, 1.165) is 35.3 Å². The van der Waals surface area contributed by atoms with Crippen molar-refractivity contribution in [3.05, 3.63) is 89.7 Å². The smallest absolute Gasteiger partial charge is 0.261 e. The molecule has 3 aromatic carbocycles. The number of rotatable bonds is 5. The van der Waals surface area contributed by atoms with Crippen LogP contribution in [0.1, 0.15) is 40.5 Å². The number of piperidine rings is 1. The number of aryl methyl sites for hydroxylation is 1. The summed E-state index contributed by atoms with van der Waals surface area (Å²) in [4.78, 5) is 23.3. The van der Waals surface area contributed by atoms with Gasteiger partial charge >= 0.3 is 0 Å². The first-order valence-electron chi connectivity index (χ1n) is 11.3. The largest absolute Gasteiger partial charge is 0.342 e. The third-order valence-electron chi connectivity index (χ3n) is 6.20. The van der Waals surface area contributed by atoms with Gasteiger partial charge in [-0.05, 0) is 62.2 Å². The highest BCUT2D eigenvalue weighted by Crippen LogP contribution is 2.28. The second-order valence-corrected chi connectivity index (χ2v) is 10.4. The summed E-state index contributed by atoms with van der Waals surface area (Å²) in [7, 11) is -3.82. The second-order valence-electron chi connectivity index (χ2n) is 8.73. The van der Waals surface area contributed by atoms with Crippen molar-refractivity contribution in [2.75, 3.05) is 17.8 Å². The van der Waals surface area contributed by atoms with Gasteiger partial charge in [0.1, 0.15) is 5.82 Å². The average molecular weight is 475 g/mol. The molecule has 5 rings (SSSR count). The third kappa shape index (κ3) is 4.54. The van der Waals surface area contributed by atoms with Gasteiger partial charge in [0, 0.05) is 30.3 Å². The predicted octanol–water partition coefficient (Wildman–Crippen LogP) is 4.69. The van der Waals surface area contributed by atoms with Gasteiger partial charge in [0.05, 0.1) is 15.9 Å². The fourth-order valence-corrected chi connectivity index (χ4v) is 5.47. The Hall–Kier alpha value is -3.65. The number of sulfonamides is 1. The summed E-state index contributed by atoms with van der Waals surface area (Å²) >= 11 is 0. The zero-order chi connectivity index (χ0) is 23.7. The molecular weight excluding hydrogens is 448 g/mol. The van der Waals surface area contributed by atoms with Crippen LogP contribution < -0.4 is 4.72 Å². The molecule has 7 nitrogen and oxygen atoms in total. The molecule has 1 amide bonds. The number of amides is 1. The molecule has 34 heavy (non-hydrogen) atoms. The SMILES string of the molecule is Cc1ccc(NS(=O)(=O)c2cccc(C(=O)N3CCCC(c4nc5ccccc5[nH]4)C3)c2)cc1. The lowest BCUT2D eigenvalue weighted by Gasteiger charge is -2.32. The average Bonchev–Trinajstić information content (AvgIpc) is 3.30. The zero-order valence-corrected chi connectivity index (χ0v) is 19.7. The lowest BCUT2D eigenvalue weighted by Crippen LogP contribution is -2.39. The number of aromatic amines is 1. The summed E-state index contributed by atoms with van der Waals surface area (Å²) in [5.41, 5.74) is 3.78. The normalized spacial score (nSPS) is 16.5. The van der Waals surface area contributed by atoms with Crippen LogP contribution in [-0.2, 0) is 10.0 Å². The van der Waals surface area contributed by atoms with Gasteiger partial charge in [-0.1, -0.05) is 35.9 Å². The summed E-state index contributed by atoms with van der Waals surface area (Å²) in [5, 5.41) is 0. The molecule has 1 aliphatic heterocycles. The van der Waals surface area contributed by atoms with E-state index >= 15 is 0 Å². The quantitative estimate of drug-likeness (QED) is 0.439. The first-order valence-corrected chi connectivity index (χ1v) is 12.8. The van der Waals surface area contributed by atoms with Gasteiger partial charge in [-0.2, -0.15) is 0 Å². The Bertz CT molecular complexity index is 1410. The fraction of sp³-hybridized carbons (Fsp3) is 0.231. The summed E-state index contributed by atoms with van der Waals surface area (Å²) in [6, 6.07) is 21.2. The molecule has 0 saturated carbocycles. The first-order chi connectivity index (χ1) is 16.4. The highest BCUT2D eigenvalue weighted by Gasteiger charge is 2.28. The van der Waals surface area contributed by atoms with Crippen molar-refractivity contribution in [2.45, 2.75) is 30.6 Å². The number of likely N-dealkylation sites (tertiary alicyclic amines) is 1. The maximum absolute atomic E-state index is 13.3. The third-order valence-corrected chi connectivity index (χ3v) is 7.58. The first kappa shape index (κ1) is 22.2. The number of aromatic nitrogens is 2. The van der Waals surface area contributed by atoms with Crippen LogP contribution in [-0.4, -0.2) is 42.3 Å². The van der Waals surface area contributed by atoms with Crippen molar-refractivity contribution in [1.82, 2.24) is 14.9 Å². The number of nitrogens with zero attached hydrogens (tertiary/aromatic N) is 2. The van der Waals surface area contributed by atoms with Gasteiger partial charge in [-0.15, -0.1) is 0 Å². The van der Waals surface area contributed by atoms with E-state index in [0.29, 0.717) is 24.3 Å². The summed E-state index contributed by atoms with van der Waals surface area (Å²) < 4.78 is 28.4. The number of H-pyrrole nitrogens is 1. The summed E-state index contributed by atoms with van der Waals surface area (Å²) in [6.45, 7) is 3.11. The number of imidazole rings is 1. The predicted molar refractivity (Wildman–Crippen MR) is 132 cm³/mol. The van der Waals surface area contributed by atoms with Crippen LogP contribution in [0.25, 0.3) is 11.0 Å². The molecule has 1 fully saturated rings.